The maximum Gasteiger partial charge on any atom is 0.0938 e. The van der Waals surface area contributed by atoms with Gasteiger partial charge in [-0.3, -0.25) is 0 Å². The van der Waals surface area contributed by atoms with E-state index < -0.39 is 5.60 Å². The largest absolute Gasteiger partial charge is 0.385 e. The summed E-state index contributed by atoms with van der Waals surface area (Å²) < 4.78 is 1.28. The highest BCUT2D eigenvalue weighted by Gasteiger charge is 2.40. The van der Waals surface area contributed by atoms with Crippen molar-refractivity contribution in [1.82, 2.24) is 0 Å². The maximum atomic E-state index is 11.2. The van der Waals surface area contributed by atoms with Gasteiger partial charge in [0.2, 0.25) is 0 Å². The van der Waals surface area contributed by atoms with Crippen LogP contribution in [-0.2, 0) is 5.60 Å². The third kappa shape index (κ3) is 1.79. The normalized spacial score (nSPS) is 28.7. The van der Waals surface area contributed by atoms with E-state index in [2.05, 4.69) is 36.6 Å². The Hall–Kier alpha value is -0.860. The summed E-state index contributed by atoms with van der Waals surface area (Å²) in [5.74, 6) is 0.416. The standard InChI is InChI=1S/C16H20OS/c1-2-13-7-3-4-10-16(13,17)14-8-5-6-12-9-11-18-15(12)14/h5-6,8-9,11,13,17H,2-4,7,10H2,1H3. The summed E-state index contributed by atoms with van der Waals surface area (Å²) in [6.45, 7) is 2.20. The minimum absolute atomic E-state index is 0.416. The summed E-state index contributed by atoms with van der Waals surface area (Å²) in [6.07, 6.45) is 5.56. The van der Waals surface area contributed by atoms with Gasteiger partial charge in [-0.05, 0) is 35.6 Å². The molecule has 1 aliphatic carbocycles. The molecule has 2 atom stereocenters. The first-order valence-electron chi connectivity index (χ1n) is 6.95. The van der Waals surface area contributed by atoms with Crippen LogP contribution in [0.3, 0.4) is 0 Å². The molecule has 1 fully saturated rings. The van der Waals surface area contributed by atoms with E-state index in [0.717, 1.165) is 25.7 Å². The van der Waals surface area contributed by atoms with Crippen molar-refractivity contribution in [3.63, 3.8) is 0 Å². The van der Waals surface area contributed by atoms with Crippen LogP contribution >= 0.6 is 11.3 Å². The molecule has 0 radical (unpaired) electrons. The van der Waals surface area contributed by atoms with Gasteiger partial charge in [0.25, 0.3) is 0 Å². The number of hydrogen-bond acceptors (Lipinski definition) is 2. The molecule has 0 spiro atoms. The van der Waals surface area contributed by atoms with Crippen LogP contribution in [0.5, 0.6) is 0 Å². The van der Waals surface area contributed by atoms with Crippen molar-refractivity contribution >= 4 is 21.4 Å². The summed E-state index contributed by atoms with van der Waals surface area (Å²) in [4.78, 5) is 0. The van der Waals surface area contributed by atoms with Crippen LogP contribution in [0.2, 0.25) is 0 Å². The maximum absolute atomic E-state index is 11.2. The van der Waals surface area contributed by atoms with E-state index in [1.807, 2.05) is 0 Å². The lowest BCUT2D eigenvalue weighted by atomic mass is 9.70. The third-order valence-electron chi connectivity index (χ3n) is 4.47. The average molecular weight is 260 g/mol. The van der Waals surface area contributed by atoms with E-state index in [1.54, 1.807) is 11.3 Å². The second-order valence-corrected chi connectivity index (χ2v) is 6.34. The van der Waals surface area contributed by atoms with Gasteiger partial charge >= 0.3 is 0 Å². The van der Waals surface area contributed by atoms with Gasteiger partial charge in [0.1, 0.15) is 0 Å². The van der Waals surface area contributed by atoms with Crippen LogP contribution in [0.15, 0.2) is 29.6 Å². The Balaban J connectivity index is 2.14. The fourth-order valence-electron chi connectivity index (χ4n) is 3.46. The van der Waals surface area contributed by atoms with Gasteiger partial charge in [0.05, 0.1) is 5.60 Å². The van der Waals surface area contributed by atoms with E-state index in [9.17, 15) is 5.11 Å². The van der Waals surface area contributed by atoms with Gasteiger partial charge in [0.15, 0.2) is 0 Å². The summed E-state index contributed by atoms with van der Waals surface area (Å²) in [6, 6.07) is 8.51. The third-order valence-corrected chi connectivity index (χ3v) is 5.44. The molecule has 2 heteroatoms. The molecule has 0 bridgehead atoms. The van der Waals surface area contributed by atoms with Gasteiger partial charge in [-0.25, -0.2) is 0 Å². The van der Waals surface area contributed by atoms with E-state index in [-0.39, 0.29) is 0 Å². The number of benzene rings is 1. The molecule has 1 aromatic carbocycles. The SMILES string of the molecule is CCC1CCCCC1(O)c1cccc2ccsc12. The molecular formula is C16H20OS. The monoisotopic (exact) mass is 260 g/mol. The van der Waals surface area contributed by atoms with Gasteiger partial charge in [-0.2, -0.15) is 0 Å². The van der Waals surface area contributed by atoms with Crippen LogP contribution in [0.1, 0.15) is 44.6 Å². The van der Waals surface area contributed by atoms with E-state index in [0.29, 0.717) is 5.92 Å². The molecule has 1 aliphatic rings. The van der Waals surface area contributed by atoms with Crippen molar-refractivity contribution in [2.45, 2.75) is 44.6 Å². The number of thiophene rings is 1. The summed E-state index contributed by atoms with van der Waals surface area (Å²) in [7, 11) is 0. The Morgan fingerprint density at radius 1 is 1.33 bits per heavy atom. The zero-order valence-electron chi connectivity index (χ0n) is 10.9. The van der Waals surface area contributed by atoms with E-state index in [1.165, 1.54) is 22.1 Å². The Bertz CT molecular complexity index is 545. The smallest absolute Gasteiger partial charge is 0.0938 e. The Kier molecular flexibility index (Phi) is 3.16. The van der Waals surface area contributed by atoms with Gasteiger partial charge < -0.3 is 5.11 Å². The van der Waals surface area contributed by atoms with Gasteiger partial charge in [-0.15, -0.1) is 11.3 Å². The van der Waals surface area contributed by atoms with Gasteiger partial charge in [-0.1, -0.05) is 44.4 Å². The van der Waals surface area contributed by atoms with Crippen molar-refractivity contribution in [2.24, 2.45) is 5.92 Å². The lowest BCUT2D eigenvalue weighted by Crippen LogP contribution is -2.37. The zero-order valence-corrected chi connectivity index (χ0v) is 11.7. The second-order valence-electron chi connectivity index (χ2n) is 5.42. The van der Waals surface area contributed by atoms with Crippen molar-refractivity contribution in [3.05, 3.63) is 35.2 Å². The van der Waals surface area contributed by atoms with Crippen LogP contribution < -0.4 is 0 Å². The molecule has 2 aromatic rings. The minimum atomic E-state index is -0.600. The number of fused-ring (bicyclic) bond motifs is 1. The Morgan fingerprint density at radius 2 is 2.22 bits per heavy atom. The first-order valence-corrected chi connectivity index (χ1v) is 7.82. The summed E-state index contributed by atoms with van der Waals surface area (Å²) in [5, 5.41) is 14.6. The predicted molar refractivity (Wildman–Crippen MR) is 78.0 cm³/mol. The Morgan fingerprint density at radius 3 is 3.06 bits per heavy atom. The van der Waals surface area contributed by atoms with Crippen molar-refractivity contribution in [3.8, 4) is 0 Å². The first kappa shape index (κ1) is 12.2. The molecule has 0 saturated heterocycles. The highest BCUT2D eigenvalue weighted by Crippen LogP contribution is 2.46. The van der Waals surface area contributed by atoms with Crippen LogP contribution in [0, 0.1) is 5.92 Å². The van der Waals surface area contributed by atoms with Crippen molar-refractivity contribution < 1.29 is 5.11 Å². The van der Waals surface area contributed by atoms with Crippen LogP contribution in [0.4, 0.5) is 0 Å². The second kappa shape index (κ2) is 4.67. The molecule has 1 aromatic heterocycles. The molecule has 96 valence electrons. The van der Waals surface area contributed by atoms with E-state index >= 15 is 0 Å². The first-order chi connectivity index (χ1) is 8.75. The van der Waals surface area contributed by atoms with Crippen LogP contribution in [-0.4, -0.2) is 5.11 Å². The molecule has 1 heterocycles. The molecule has 1 N–H and O–H groups in total. The lowest BCUT2D eigenvalue weighted by Gasteiger charge is -2.40. The average Bonchev–Trinajstić information content (AvgIpc) is 2.87. The predicted octanol–water partition coefficient (Wildman–Crippen LogP) is 4.69. The molecule has 0 amide bonds. The molecule has 1 nitrogen and oxygen atoms in total. The van der Waals surface area contributed by atoms with Crippen LogP contribution in [0.25, 0.3) is 10.1 Å². The highest BCUT2D eigenvalue weighted by atomic mass is 32.1. The minimum Gasteiger partial charge on any atom is -0.385 e. The zero-order chi connectivity index (χ0) is 12.6. The number of aliphatic hydroxyl groups is 1. The topological polar surface area (TPSA) is 20.2 Å². The molecule has 2 unspecified atom stereocenters. The molecule has 3 rings (SSSR count). The lowest BCUT2D eigenvalue weighted by molar-refractivity contribution is -0.0543. The molecule has 1 saturated carbocycles. The Labute approximate surface area is 112 Å². The summed E-state index contributed by atoms with van der Waals surface area (Å²) >= 11 is 1.76. The van der Waals surface area contributed by atoms with Crippen molar-refractivity contribution in [1.29, 1.82) is 0 Å². The fraction of sp³-hybridized carbons (Fsp3) is 0.500. The van der Waals surface area contributed by atoms with E-state index in [4.69, 9.17) is 0 Å². The highest BCUT2D eigenvalue weighted by molar-refractivity contribution is 7.17. The summed E-state index contributed by atoms with van der Waals surface area (Å²) in [5.41, 5.74) is 0.568. The number of rotatable bonds is 2. The molecule has 18 heavy (non-hydrogen) atoms. The van der Waals surface area contributed by atoms with Crippen molar-refractivity contribution in [2.75, 3.05) is 0 Å². The molecular weight excluding hydrogens is 240 g/mol. The quantitative estimate of drug-likeness (QED) is 0.830. The molecule has 0 aliphatic heterocycles. The fourth-order valence-corrected chi connectivity index (χ4v) is 4.45. The van der Waals surface area contributed by atoms with Gasteiger partial charge in [0, 0.05) is 10.3 Å². The number of hydrogen-bond donors (Lipinski definition) is 1.